The molecule has 4 nitrogen and oxygen atoms in total. The molecule has 1 N–H and O–H groups in total. The molecule has 1 aliphatic rings. The molecule has 0 fully saturated rings. The molecule has 1 aromatic heterocycles. The van der Waals surface area contributed by atoms with Crippen LogP contribution in [-0.4, -0.2) is 10.9 Å². The van der Waals surface area contributed by atoms with Gasteiger partial charge in [-0.1, -0.05) is 29.8 Å². The zero-order chi connectivity index (χ0) is 17.4. The van der Waals surface area contributed by atoms with Crippen LogP contribution in [0, 0.1) is 13.8 Å². The molecule has 4 rings (SSSR count). The lowest BCUT2D eigenvalue weighted by Crippen LogP contribution is -2.32. The molecule has 124 valence electrons. The van der Waals surface area contributed by atoms with Crippen molar-refractivity contribution in [3.05, 3.63) is 89.2 Å². The fourth-order valence-electron chi connectivity index (χ4n) is 3.18. The third-order valence-corrected chi connectivity index (χ3v) is 4.44. The number of pyridine rings is 1. The lowest BCUT2D eigenvalue weighted by molar-refractivity contribution is 0.0993. The normalized spacial score (nSPS) is 16.0. The molecule has 3 aromatic rings. The SMILES string of the molecule is Cc1ccc(N2C(=O)c3cccnc3[C@@H]2Nc2cccc(C)c2)cc1. The summed E-state index contributed by atoms with van der Waals surface area (Å²) in [5, 5.41) is 3.47. The van der Waals surface area contributed by atoms with E-state index >= 15 is 0 Å². The van der Waals surface area contributed by atoms with Gasteiger partial charge in [-0.3, -0.25) is 14.7 Å². The summed E-state index contributed by atoms with van der Waals surface area (Å²) in [6.45, 7) is 4.09. The van der Waals surface area contributed by atoms with Gasteiger partial charge in [-0.25, -0.2) is 0 Å². The molecule has 2 aromatic carbocycles. The number of aryl methyl sites for hydroxylation is 2. The van der Waals surface area contributed by atoms with Crippen LogP contribution in [-0.2, 0) is 0 Å². The molecule has 1 aliphatic heterocycles. The van der Waals surface area contributed by atoms with Gasteiger partial charge in [0.1, 0.15) is 0 Å². The summed E-state index contributed by atoms with van der Waals surface area (Å²) >= 11 is 0. The first-order valence-electron chi connectivity index (χ1n) is 8.32. The number of carbonyl (C=O) groups excluding carboxylic acids is 1. The standard InChI is InChI=1S/C21H19N3O/c1-14-8-10-17(11-9-14)24-20(23-16-6-3-5-15(2)13-16)19-18(21(24)25)7-4-12-22-19/h3-13,20,23H,1-2H3/t20-/m1/s1. The Labute approximate surface area is 147 Å². The average molecular weight is 329 g/mol. The van der Waals surface area contributed by atoms with Gasteiger partial charge in [-0.2, -0.15) is 0 Å². The number of nitrogens with zero attached hydrogens (tertiary/aromatic N) is 2. The summed E-state index contributed by atoms with van der Waals surface area (Å²) < 4.78 is 0. The molecule has 1 atom stereocenters. The van der Waals surface area contributed by atoms with Gasteiger partial charge in [0.05, 0.1) is 11.3 Å². The van der Waals surface area contributed by atoms with Gasteiger partial charge in [0.25, 0.3) is 5.91 Å². The van der Waals surface area contributed by atoms with Crippen LogP contribution in [0.25, 0.3) is 0 Å². The number of aromatic nitrogens is 1. The molecule has 2 heterocycles. The van der Waals surface area contributed by atoms with Crippen LogP contribution < -0.4 is 10.2 Å². The Morgan fingerprint density at radius 3 is 2.52 bits per heavy atom. The van der Waals surface area contributed by atoms with Gasteiger partial charge in [0.2, 0.25) is 0 Å². The molecule has 0 unspecified atom stereocenters. The zero-order valence-corrected chi connectivity index (χ0v) is 14.2. The van der Waals surface area contributed by atoms with Gasteiger partial charge in [0, 0.05) is 17.6 Å². The summed E-state index contributed by atoms with van der Waals surface area (Å²) in [7, 11) is 0. The first-order valence-corrected chi connectivity index (χ1v) is 8.32. The summed E-state index contributed by atoms with van der Waals surface area (Å²) in [6, 6.07) is 19.8. The number of carbonyl (C=O) groups is 1. The Balaban J connectivity index is 1.78. The minimum absolute atomic E-state index is 0.0305. The van der Waals surface area contributed by atoms with Gasteiger partial charge in [-0.15, -0.1) is 0 Å². The van der Waals surface area contributed by atoms with Gasteiger partial charge in [0.15, 0.2) is 6.17 Å². The van der Waals surface area contributed by atoms with Crippen molar-refractivity contribution >= 4 is 17.3 Å². The van der Waals surface area contributed by atoms with Crippen molar-refractivity contribution in [2.45, 2.75) is 20.0 Å². The molecule has 0 radical (unpaired) electrons. The van der Waals surface area contributed by atoms with E-state index in [1.165, 1.54) is 0 Å². The third kappa shape index (κ3) is 2.76. The number of fused-ring (bicyclic) bond motifs is 1. The molecule has 0 aliphatic carbocycles. The van der Waals surface area contributed by atoms with E-state index < -0.39 is 0 Å². The van der Waals surface area contributed by atoms with E-state index in [1.54, 1.807) is 17.2 Å². The van der Waals surface area contributed by atoms with Crippen LogP contribution >= 0.6 is 0 Å². The van der Waals surface area contributed by atoms with Crippen molar-refractivity contribution in [1.29, 1.82) is 0 Å². The maximum atomic E-state index is 13.0. The van der Waals surface area contributed by atoms with E-state index in [0.29, 0.717) is 5.56 Å². The third-order valence-electron chi connectivity index (χ3n) is 4.44. The molecule has 0 spiro atoms. The van der Waals surface area contributed by atoms with Crippen molar-refractivity contribution in [1.82, 2.24) is 4.98 Å². The smallest absolute Gasteiger partial charge is 0.262 e. The van der Waals surface area contributed by atoms with E-state index in [-0.39, 0.29) is 12.1 Å². The Hall–Kier alpha value is -3.14. The van der Waals surface area contributed by atoms with Gasteiger partial charge in [-0.05, 0) is 55.8 Å². The summed E-state index contributed by atoms with van der Waals surface area (Å²) in [6.07, 6.45) is 1.41. The second-order valence-electron chi connectivity index (χ2n) is 6.36. The summed E-state index contributed by atoms with van der Waals surface area (Å²) in [5.41, 5.74) is 5.56. The molecular formula is C21H19N3O. The minimum atomic E-state index is -0.326. The van der Waals surface area contributed by atoms with Gasteiger partial charge < -0.3 is 5.32 Å². The maximum Gasteiger partial charge on any atom is 0.262 e. The van der Waals surface area contributed by atoms with E-state index in [0.717, 1.165) is 28.2 Å². The van der Waals surface area contributed by atoms with Crippen LogP contribution in [0.3, 0.4) is 0 Å². The minimum Gasteiger partial charge on any atom is -0.360 e. The van der Waals surface area contributed by atoms with E-state index in [1.807, 2.05) is 49.4 Å². The average Bonchev–Trinajstić information content (AvgIpc) is 2.89. The number of amides is 1. The molecule has 25 heavy (non-hydrogen) atoms. The second kappa shape index (κ2) is 6.06. The number of nitrogens with one attached hydrogen (secondary N) is 1. The predicted octanol–water partition coefficient (Wildman–Crippen LogP) is 4.47. The highest BCUT2D eigenvalue weighted by molar-refractivity contribution is 6.11. The monoisotopic (exact) mass is 329 g/mol. The second-order valence-corrected chi connectivity index (χ2v) is 6.36. The van der Waals surface area contributed by atoms with E-state index in [9.17, 15) is 4.79 Å². The van der Waals surface area contributed by atoms with Crippen molar-refractivity contribution in [3.8, 4) is 0 Å². The first-order chi connectivity index (χ1) is 12.1. The highest BCUT2D eigenvalue weighted by Gasteiger charge is 2.38. The Bertz CT molecular complexity index is 934. The van der Waals surface area contributed by atoms with Gasteiger partial charge >= 0.3 is 0 Å². The molecule has 0 saturated carbocycles. The number of hydrogen-bond donors (Lipinski definition) is 1. The van der Waals surface area contributed by atoms with Crippen molar-refractivity contribution in [3.63, 3.8) is 0 Å². The Morgan fingerprint density at radius 1 is 0.960 bits per heavy atom. The van der Waals surface area contributed by atoms with Crippen LogP contribution in [0.15, 0.2) is 66.9 Å². The van der Waals surface area contributed by atoms with Crippen molar-refractivity contribution in [2.24, 2.45) is 0 Å². The molecule has 0 saturated heterocycles. The molecule has 1 amide bonds. The fourth-order valence-corrected chi connectivity index (χ4v) is 3.18. The molecular weight excluding hydrogens is 310 g/mol. The topological polar surface area (TPSA) is 45.2 Å². The maximum absolute atomic E-state index is 13.0. The number of benzene rings is 2. The quantitative estimate of drug-likeness (QED) is 0.771. The highest BCUT2D eigenvalue weighted by Crippen LogP contribution is 2.36. The predicted molar refractivity (Wildman–Crippen MR) is 99.8 cm³/mol. The van der Waals surface area contributed by atoms with Crippen LogP contribution in [0.4, 0.5) is 11.4 Å². The van der Waals surface area contributed by atoms with Crippen molar-refractivity contribution < 1.29 is 4.79 Å². The fraction of sp³-hybridized carbons (Fsp3) is 0.143. The van der Waals surface area contributed by atoms with E-state index in [4.69, 9.17) is 0 Å². The summed E-state index contributed by atoms with van der Waals surface area (Å²) in [4.78, 5) is 19.3. The van der Waals surface area contributed by atoms with Crippen LogP contribution in [0.5, 0.6) is 0 Å². The molecule has 0 bridgehead atoms. The largest absolute Gasteiger partial charge is 0.360 e. The van der Waals surface area contributed by atoms with Crippen LogP contribution in [0.1, 0.15) is 33.3 Å². The Morgan fingerprint density at radius 2 is 1.76 bits per heavy atom. The Kier molecular flexibility index (Phi) is 3.73. The lowest BCUT2D eigenvalue weighted by atomic mass is 10.2. The molecule has 4 heteroatoms. The number of anilines is 2. The number of hydrogen-bond acceptors (Lipinski definition) is 3. The lowest BCUT2D eigenvalue weighted by Gasteiger charge is -2.26. The summed E-state index contributed by atoms with van der Waals surface area (Å²) in [5.74, 6) is -0.0305. The highest BCUT2D eigenvalue weighted by atomic mass is 16.2. The zero-order valence-electron chi connectivity index (χ0n) is 14.2. The van der Waals surface area contributed by atoms with Crippen molar-refractivity contribution in [2.75, 3.05) is 10.2 Å². The van der Waals surface area contributed by atoms with Crippen LogP contribution in [0.2, 0.25) is 0 Å². The van der Waals surface area contributed by atoms with E-state index in [2.05, 4.69) is 29.4 Å². The number of rotatable bonds is 3. The first kappa shape index (κ1) is 15.4.